The van der Waals surface area contributed by atoms with E-state index in [1.165, 1.54) is 27.7 Å². The number of aliphatic hydroxyl groups excluding tert-OH is 1. The number of H-pyrrole nitrogens is 1. The molecular weight excluding hydrogens is 224 g/mol. The minimum Gasteiger partial charge on any atom is -0.396 e. The molecule has 0 unspecified atom stereocenters. The van der Waals surface area contributed by atoms with Crippen LogP contribution in [0.3, 0.4) is 0 Å². The number of aliphatic hydroxyl groups is 1. The second-order valence-corrected chi connectivity index (χ2v) is 5.00. The van der Waals surface area contributed by atoms with Crippen molar-refractivity contribution in [3.8, 4) is 0 Å². The molecule has 0 saturated carbocycles. The van der Waals surface area contributed by atoms with Crippen molar-refractivity contribution < 1.29 is 5.11 Å². The third-order valence-electron chi connectivity index (χ3n) is 3.81. The van der Waals surface area contributed by atoms with E-state index in [1.54, 1.807) is 0 Å². The highest BCUT2D eigenvalue weighted by atomic mass is 16.2. The van der Waals surface area contributed by atoms with Crippen molar-refractivity contribution in [3.05, 3.63) is 35.0 Å². The van der Waals surface area contributed by atoms with Crippen molar-refractivity contribution in [1.82, 2.24) is 10.3 Å². The standard InChI is InChI=1S/C15H20N2O/c18-10-2-4-11-3-1-5-14-15(11)12-6-8-16-9-7-13(12)17-14/h1,3,5,16-18H,2,4,6-10H2. The minimum atomic E-state index is 0.268. The lowest BCUT2D eigenvalue weighted by atomic mass is 9.99. The highest BCUT2D eigenvalue weighted by molar-refractivity contribution is 5.88. The van der Waals surface area contributed by atoms with E-state index in [1.807, 2.05) is 0 Å². The highest BCUT2D eigenvalue weighted by Gasteiger charge is 2.15. The number of rotatable bonds is 3. The zero-order valence-corrected chi connectivity index (χ0v) is 10.6. The average Bonchev–Trinajstić information content (AvgIpc) is 2.59. The van der Waals surface area contributed by atoms with Crippen LogP contribution in [0.15, 0.2) is 18.2 Å². The van der Waals surface area contributed by atoms with Gasteiger partial charge in [0.2, 0.25) is 0 Å². The van der Waals surface area contributed by atoms with Crippen molar-refractivity contribution in [2.24, 2.45) is 0 Å². The summed E-state index contributed by atoms with van der Waals surface area (Å²) in [5, 5.41) is 13.9. The molecule has 96 valence electrons. The highest BCUT2D eigenvalue weighted by Crippen LogP contribution is 2.28. The van der Waals surface area contributed by atoms with Crippen LogP contribution < -0.4 is 5.32 Å². The SMILES string of the molecule is OCCCc1cccc2[nH]c3c(c12)CCNCC3. The van der Waals surface area contributed by atoms with Gasteiger partial charge in [0.05, 0.1) is 0 Å². The van der Waals surface area contributed by atoms with Gasteiger partial charge in [-0.2, -0.15) is 0 Å². The van der Waals surface area contributed by atoms with E-state index < -0.39 is 0 Å². The van der Waals surface area contributed by atoms with Crippen LogP contribution in [-0.4, -0.2) is 29.8 Å². The predicted octanol–water partition coefficient (Wildman–Crippen LogP) is 1.78. The van der Waals surface area contributed by atoms with Gasteiger partial charge in [-0.05, 0) is 43.0 Å². The Balaban J connectivity index is 2.10. The Labute approximate surface area is 107 Å². The van der Waals surface area contributed by atoms with Gasteiger partial charge >= 0.3 is 0 Å². The van der Waals surface area contributed by atoms with Gasteiger partial charge in [-0.25, -0.2) is 0 Å². The van der Waals surface area contributed by atoms with E-state index in [-0.39, 0.29) is 6.61 Å². The Morgan fingerprint density at radius 1 is 1.17 bits per heavy atom. The molecule has 0 bridgehead atoms. The Hall–Kier alpha value is -1.32. The molecule has 18 heavy (non-hydrogen) atoms. The molecule has 1 aliphatic heterocycles. The number of aromatic nitrogens is 1. The fraction of sp³-hybridized carbons (Fsp3) is 0.467. The molecule has 3 N–H and O–H groups in total. The maximum atomic E-state index is 9.02. The third-order valence-corrected chi connectivity index (χ3v) is 3.81. The van der Waals surface area contributed by atoms with Crippen molar-refractivity contribution in [3.63, 3.8) is 0 Å². The summed E-state index contributed by atoms with van der Waals surface area (Å²) in [7, 11) is 0. The molecule has 0 aliphatic carbocycles. The molecule has 2 heterocycles. The van der Waals surface area contributed by atoms with Crippen LogP contribution in [0.1, 0.15) is 23.2 Å². The molecule has 0 fully saturated rings. The third kappa shape index (κ3) is 2.04. The second-order valence-electron chi connectivity index (χ2n) is 5.00. The number of nitrogens with one attached hydrogen (secondary N) is 2. The summed E-state index contributed by atoms with van der Waals surface area (Å²) in [6.07, 6.45) is 4.00. The molecule has 3 nitrogen and oxygen atoms in total. The van der Waals surface area contributed by atoms with E-state index >= 15 is 0 Å². The molecular formula is C15H20N2O. The lowest BCUT2D eigenvalue weighted by Crippen LogP contribution is -2.16. The van der Waals surface area contributed by atoms with Crippen molar-refractivity contribution in [2.75, 3.05) is 19.7 Å². The Morgan fingerprint density at radius 2 is 2.06 bits per heavy atom. The minimum absolute atomic E-state index is 0.268. The van der Waals surface area contributed by atoms with Crippen LogP contribution in [0.5, 0.6) is 0 Å². The largest absolute Gasteiger partial charge is 0.396 e. The van der Waals surface area contributed by atoms with Crippen LogP contribution in [0.2, 0.25) is 0 Å². The van der Waals surface area contributed by atoms with Crippen LogP contribution in [-0.2, 0) is 19.3 Å². The number of hydrogen-bond acceptors (Lipinski definition) is 2. The van der Waals surface area contributed by atoms with Gasteiger partial charge in [-0.1, -0.05) is 12.1 Å². The maximum Gasteiger partial charge on any atom is 0.0461 e. The predicted molar refractivity (Wildman–Crippen MR) is 74.0 cm³/mol. The lowest BCUT2D eigenvalue weighted by Gasteiger charge is -2.05. The summed E-state index contributed by atoms with van der Waals surface area (Å²) in [4.78, 5) is 3.57. The van der Waals surface area contributed by atoms with Gasteiger partial charge < -0.3 is 15.4 Å². The first-order valence-electron chi connectivity index (χ1n) is 6.83. The van der Waals surface area contributed by atoms with E-state index in [0.29, 0.717) is 0 Å². The summed E-state index contributed by atoms with van der Waals surface area (Å²) in [6, 6.07) is 6.48. The lowest BCUT2D eigenvalue weighted by molar-refractivity contribution is 0.289. The second kappa shape index (κ2) is 5.12. The zero-order chi connectivity index (χ0) is 12.4. The first-order valence-corrected chi connectivity index (χ1v) is 6.83. The van der Waals surface area contributed by atoms with Gasteiger partial charge in [-0.15, -0.1) is 0 Å². The van der Waals surface area contributed by atoms with Crippen LogP contribution in [0.4, 0.5) is 0 Å². The van der Waals surface area contributed by atoms with E-state index in [2.05, 4.69) is 28.5 Å². The molecule has 3 heteroatoms. The monoisotopic (exact) mass is 244 g/mol. The zero-order valence-electron chi connectivity index (χ0n) is 10.6. The van der Waals surface area contributed by atoms with Gasteiger partial charge in [0.15, 0.2) is 0 Å². The molecule has 0 atom stereocenters. The quantitative estimate of drug-likeness (QED) is 0.771. The topological polar surface area (TPSA) is 48.0 Å². The molecule has 0 spiro atoms. The molecule has 0 amide bonds. The fourth-order valence-electron chi connectivity index (χ4n) is 2.97. The average molecular weight is 244 g/mol. The summed E-state index contributed by atoms with van der Waals surface area (Å²) in [5.74, 6) is 0. The van der Waals surface area contributed by atoms with E-state index in [0.717, 1.165) is 38.8 Å². The summed E-state index contributed by atoms with van der Waals surface area (Å²) >= 11 is 0. The number of hydrogen-bond donors (Lipinski definition) is 3. The van der Waals surface area contributed by atoms with Crippen molar-refractivity contribution >= 4 is 10.9 Å². The van der Waals surface area contributed by atoms with Gasteiger partial charge in [-0.3, -0.25) is 0 Å². The summed E-state index contributed by atoms with van der Waals surface area (Å²) < 4.78 is 0. The van der Waals surface area contributed by atoms with Gasteiger partial charge in [0, 0.05) is 36.2 Å². The van der Waals surface area contributed by atoms with E-state index in [9.17, 15) is 0 Å². The summed E-state index contributed by atoms with van der Waals surface area (Å²) in [5.41, 5.74) is 5.52. The first kappa shape index (κ1) is 11.8. The smallest absolute Gasteiger partial charge is 0.0461 e. The Bertz CT molecular complexity index is 545. The van der Waals surface area contributed by atoms with Crippen molar-refractivity contribution in [2.45, 2.75) is 25.7 Å². The fourth-order valence-corrected chi connectivity index (χ4v) is 2.97. The number of benzene rings is 1. The van der Waals surface area contributed by atoms with Gasteiger partial charge in [0.25, 0.3) is 0 Å². The Kier molecular flexibility index (Phi) is 3.35. The molecule has 0 radical (unpaired) electrons. The van der Waals surface area contributed by atoms with Crippen LogP contribution in [0, 0.1) is 0 Å². The normalized spacial score (nSPS) is 15.6. The molecule has 1 aromatic heterocycles. The molecule has 3 rings (SSSR count). The number of fused-ring (bicyclic) bond motifs is 3. The van der Waals surface area contributed by atoms with Crippen molar-refractivity contribution in [1.29, 1.82) is 0 Å². The molecule has 1 aliphatic rings. The van der Waals surface area contributed by atoms with Crippen LogP contribution >= 0.6 is 0 Å². The molecule has 0 saturated heterocycles. The van der Waals surface area contributed by atoms with E-state index in [4.69, 9.17) is 5.11 Å². The molecule has 2 aromatic rings. The Morgan fingerprint density at radius 3 is 2.94 bits per heavy atom. The maximum absolute atomic E-state index is 9.02. The number of aromatic amines is 1. The number of aryl methyl sites for hydroxylation is 1. The molecule has 1 aromatic carbocycles. The first-order chi connectivity index (χ1) is 8.90. The van der Waals surface area contributed by atoms with Crippen LogP contribution in [0.25, 0.3) is 10.9 Å². The summed E-state index contributed by atoms with van der Waals surface area (Å²) in [6.45, 7) is 2.39. The van der Waals surface area contributed by atoms with Gasteiger partial charge in [0.1, 0.15) is 0 Å².